The standard InChI is InChI=1S/C13H12F6N4/c14-12(15,16)9-8-10(22-11(21-9)13(17,18)19)23(6-20-8)7-4-2-1-3-5-7/h6-7H,1-5H2. The van der Waals surface area contributed by atoms with Crippen LogP contribution in [0.15, 0.2) is 6.33 Å². The van der Waals surface area contributed by atoms with Gasteiger partial charge in [-0.05, 0) is 12.8 Å². The first kappa shape index (κ1) is 16.0. The molecule has 2 aromatic rings. The number of halogens is 6. The Labute approximate surface area is 126 Å². The van der Waals surface area contributed by atoms with Crippen LogP contribution in [0.5, 0.6) is 0 Å². The molecule has 4 nitrogen and oxygen atoms in total. The lowest BCUT2D eigenvalue weighted by Gasteiger charge is -2.23. The first-order valence-electron chi connectivity index (χ1n) is 7.07. The number of imidazole rings is 1. The minimum absolute atomic E-state index is 0.189. The van der Waals surface area contributed by atoms with Crippen molar-refractivity contribution < 1.29 is 26.3 Å². The molecule has 1 aliphatic carbocycles. The molecule has 126 valence electrons. The van der Waals surface area contributed by atoms with Gasteiger partial charge in [0, 0.05) is 6.04 Å². The third kappa shape index (κ3) is 2.98. The summed E-state index contributed by atoms with van der Waals surface area (Å²) in [5, 5.41) is 0. The van der Waals surface area contributed by atoms with Gasteiger partial charge in [-0.2, -0.15) is 26.3 Å². The molecule has 0 unspecified atom stereocenters. The molecule has 0 spiro atoms. The number of fused-ring (bicyclic) bond motifs is 1. The number of nitrogens with zero attached hydrogens (tertiary/aromatic N) is 4. The maximum absolute atomic E-state index is 13.0. The number of hydrogen-bond donors (Lipinski definition) is 0. The minimum atomic E-state index is -5.06. The van der Waals surface area contributed by atoms with Gasteiger partial charge in [0.05, 0.1) is 6.33 Å². The molecule has 2 aromatic heterocycles. The second kappa shape index (κ2) is 5.34. The van der Waals surface area contributed by atoms with Crippen molar-refractivity contribution in [2.45, 2.75) is 50.5 Å². The summed E-state index contributed by atoms with van der Waals surface area (Å²) in [6.07, 6.45) is -4.87. The monoisotopic (exact) mass is 338 g/mol. The molecule has 0 amide bonds. The Morgan fingerprint density at radius 1 is 0.913 bits per heavy atom. The van der Waals surface area contributed by atoms with Gasteiger partial charge in [-0.15, -0.1) is 0 Å². The van der Waals surface area contributed by atoms with Crippen molar-refractivity contribution in [3.05, 3.63) is 17.8 Å². The average molecular weight is 338 g/mol. The smallest absolute Gasteiger partial charge is 0.312 e. The molecule has 0 saturated heterocycles. The third-order valence-electron chi connectivity index (χ3n) is 3.91. The van der Waals surface area contributed by atoms with Crippen LogP contribution in [0.25, 0.3) is 11.2 Å². The molecule has 0 bridgehead atoms. The quantitative estimate of drug-likeness (QED) is 0.725. The number of alkyl halides is 6. The highest BCUT2D eigenvalue weighted by atomic mass is 19.4. The van der Waals surface area contributed by atoms with Crippen LogP contribution in [0.4, 0.5) is 26.3 Å². The van der Waals surface area contributed by atoms with Gasteiger partial charge in [0.2, 0.25) is 5.82 Å². The molecule has 23 heavy (non-hydrogen) atoms. The third-order valence-corrected chi connectivity index (χ3v) is 3.91. The first-order valence-corrected chi connectivity index (χ1v) is 7.07. The van der Waals surface area contributed by atoms with Gasteiger partial charge < -0.3 is 4.57 Å². The number of rotatable bonds is 1. The molecule has 10 heteroatoms. The molecular weight excluding hydrogens is 326 g/mol. The van der Waals surface area contributed by atoms with Gasteiger partial charge in [0.1, 0.15) is 5.52 Å². The highest BCUT2D eigenvalue weighted by molar-refractivity contribution is 5.74. The van der Waals surface area contributed by atoms with E-state index < -0.39 is 35.0 Å². The van der Waals surface area contributed by atoms with E-state index in [1.165, 1.54) is 4.57 Å². The first-order chi connectivity index (χ1) is 10.7. The van der Waals surface area contributed by atoms with Gasteiger partial charge >= 0.3 is 12.4 Å². The van der Waals surface area contributed by atoms with Gasteiger partial charge in [0.15, 0.2) is 11.3 Å². The van der Waals surface area contributed by atoms with E-state index in [9.17, 15) is 26.3 Å². The molecule has 3 rings (SSSR count). The van der Waals surface area contributed by atoms with Crippen molar-refractivity contribution >= 4 is 11.2 Å². The Bertz CT molecular complexity index is 712. The summed E-state index contributed by atoms with van der Waals surface area (Å²) in [6, 6.07) is -0.189. The number of aromatic nitrogens is 4. The molecule has 0 N–H and O–H groups in total. The van der Waals surface area contributed by atoms with Gasteiger partial charge in [0.25, 0.3) is 0 Å². The highest BCUT2D eigenvalue weighted by Gasteiger charge is 2.42. The fraction of sp³-hybridized carbons (Fsp3) is 0.615. The summed E-state index contributed by atoms with van der Waals surface area (Å²) >= 11 is 0. The molecule has 2 heterocycles. The predicted octanol–water partition coefficient (Wildman–Crippen LogP) is 4.37. The fourth-order valence-corrected chi connectivity index (χ4v) is 2.87. The van der Waals surface area contributed by atoms with Crippen molar-refractivity contribution in [1.82, 2.24) is 19.5 Å². The zero-order chi connectivity index (χ0) is 16.8. The lowest BCUT2D eigenvalue weighted by atomic mass is 9.95. The Morgan fingerprint density at radius 2 is 1.57 bits per heavy atom. The molecule has 1 fully saturated rings. The predicted molar refractivity (Wildman–Crippen MR) is 67.4 cm³/mol. The van der Waals surface area contributed by atoms with Crippen molar-refractivity contribution in [2.24, 2.45) is 0 Å². The van der Waals surface area contributed by atoms with E-state index in [1.807, 2.05) is 0 Å². The molecule has 0 radical (unpaired) electrons. The highest BCUT2D eigenvalue weighted by Crippen LogP contribution is 2.37. The molecule has 0 atom stereocenters. The van der Waals surface area contributed by atoms with Crippen LogP contribution in [0.2, 0.25) is 0 Å². The maximum Gasteiger partial charge on any atom is 0.451 e. The lowest BCUT2D eigenvalue weighted by Crippen LogP contribution is -2.19. The topological polar surface area (TPSA) is 43.6 Å². The van der Waals surface area contributed by atoms with Crippen LogP contribution in [-0.4, -0.2) is 19.5 Å². The Hall–Kier alpha value is -1.87. The number of hydrogen-bond acceptors (Lipinski definition) is 3. The van der Waals surface area contributed by atoms with E-state index in [4.69, 9.17) is 0 Å². The SMILES string of the molecule is FC(F)(F)c1nc(C(F)(F)F)c2ncn(C3CCCCC3)c2n1. The molecule has 1 saturated carbocycles. The summed E-state index contributed by atoms with van der Waals surface area (Å²) < 4.78 is 78.9. The van der Waals surface area contributed by atoms with Crippen molar-refractivity contribution in [2.75, 3.05) is 0 Å². The summed E-state index contributed by atoms with van der Waals surface area (Å²) in [7, 11) is 0. The molecule has 0 aliphatic heterocycles. The zero-order valence-electron chi connectivity index (χ0n) is 11.7. The average Bonchev–Trinajstić information content (AvgIpc) is 2.89. The van der Waals surface area contributed by atoms with E-state index in [0.29, 0.717) is 12.8 Å². The summed E-state index contributed by atoms with van der Waals surface area (Å²) in [5.74, 6) is -1.80. The van der Waals surface area contributed by atoms with Crippen LogP contribution in [-0.2, 0) is 12.4 Å². The molecule has 0 aromatic carbocycles. The van der Waals surface area contributed by atoms with Crippen molar-refractivity contribution in [1.29, 1.82) is 0 Å². The Kier molecular flexibility index (Phi) is 3.72. The minimum Gasteiger partial charge on any atom is -0.312 e. The van der Waals surface area contributed by atoms with E-state index in [0.717, 1.165) is 25.6 Å². The lowest BCUT2D eigenvalue weighted by molar-refractivity contribution is -0.151. The van der Waals surface area contributed by atoms with Crippen molar-refractivity contribution in [3.63, 3.8) is 0 Å². The second-order valence-electron chi connectivity index (χ2n) is 5.51. The zero-order valence-corrected chi connectivity index (χ0v) is 11.7. The van der Waals surface area contributed by atoms with Crippen LogP contribution >= 0.6 is 0 Å². The summed E-state index contributed by atoms with van der Waals surface area (Å²) in [6.45, 7) is 0. The van der Waals surface area contributed by atoms with Crippen LogP contribution in [0.1, 0.15) is 49.7 Å². The van der Waals surface area contributed by atoms with Gasteiger partial charge in [-0.3, -0.25) is 0 Å². The largest absolute Gasteiger partial charge is 0.451 e. The van der Waals surface area contributed by atoms with Crippen LogP contribution < -0.4 is 0 Å². The van der Waals surface area contributed by atoms with Crippen molar-refractivity contribution in [3.8, 4) is 0 Å². The van der Waals surface area contributed by atoms with Gasteiger partial charge in [-0.25, -0.2) is 15.0 Å². The Morgan fingerprint density at radius 3 is 2.13 bits per heavy atom. The van der Waals surface area contributed by atoms with E-state index >= 15 is 0 Å². The van der Waals surface area contributed by atoms with Gasteiger partial charge in [-0.1, -0.05) is 19.3 Å². The Balaban J connectivity index is 2.21. The van der Waals surface area contributed by atoms with E-state index in [1.54, 1.807) is 0 Å². The summed E-state index contributed by atoms with van der Waals surface area (Å²) in [4.78, 5) is 9.62. The second-order valence-corrected chi connectivity index (χ2v) is 5.51. The van der Waals surface area contributed by atoms with E-state index in [2.05, 4.69) is 15.0 Å². The van der Waals surface area contributed by atoms with Crippen LogP contribution in [0.3, 0.4) is 0 Å². The molecule has 1 aliphatic rings. The maximum atomic E-state index is 13.0. The normalized spacial score (nSPS) is 17.8. The molecular formula is C13H12F6N4. The van der Waals surface area contributed by atoms with E-state index in [-0.39, 0.29) is 6.04 Å². The summed E-state index contributed by atoms with van der Waals surface area (Å²) in [5.41, 5.74) is -2.70. The fourth-order valence-electron chi connectivity index (χ4n) is 2.87. The van der Waals surface area contributed by atoms with Crippen LogP contribution in [0, 0.1) is 0 Å².